The average Bonchev–Trinajstić information content (AvgIpc) is 2.38. The molecule has 2 rings (SSSR count). The van der Waals surface area contributed by atoms with Crippen molar-refractivity contribution in [3.8, 4) is 0 Å². The number of hydrogen-bond acceptors (Lipinski definition) is 3. The molecule has 0 fully saturated rings. The van der Waals surface area contributed by atoms with Crippen LogP contribution in [0.1, 0.15) is 10.4 Å². The normalized spacial score (nSPS) is 10.2. The van der Waals surface area contributed by atoms with Crippen molar-refractivity contribution >= 4 is 40.6 Å². The maximum absolute atomic E-state index is 12.2. The lowest BCUT2D eigenvalue weighted by atomic mass is 10.2. The Bertz CT molecular complexity index is 624. The number of amides is 1. The zero-order valence-corrected chi connectivity index (χ0v) is 12.5. The van der Waals surface area contributed by atoms with Crippen molar-refractivity contribution in [3.05, 3.63) is 52.1 Å². The van der Waals surface area contributed by atoms with E-state index in [9.17, 15) is 4.79 Å². The number of aromatic nitrogens is 1. The van der Waals surface area contributed by atoms with Gasteiger partial charge in [-0.3, -0.25) is 4.79 Å². The summed E-state index contributed by atoms with van der Waals surface area (Å²) in [6.45, 7) is 0. The molecule has 20 heavy (non-hydrogen) atoms. The minimum Gasteiger partial charge on any atom is -0.363 e. The van der Waals surface area contributed by atoms with Crippen molar-refractivity contribution in [2.45, 2.75) is 0 Å². The lowest BCUT2D eigenvalue weighted by Crippen LogP contribution is -2.15. The van der Waals surface area contributed by atoms with Crippen LogP contribution in [0.2, 0.25) is 10.0 Å². The largest absolute Gasteiger partial charge is 0.363 e. The Morgan fingerprint density at radius 3 is 2.45 bits per heavy atom. The number of nitrogens with zero attached hydrogens (tertiary/aromatic N) is 2. The Labute approximate surface area is 127 Å². The first kappa shape index (κ1) is 14.6. The van der Waals surface area contributed by atoms with Gasteiger partial charge in [0.2, 0.25) is 0 Å². The summed E-state index contributed by atoms with van der Waals surface area (Å²) >= 11 is 12.0. The predicted molar refractivity (Wildman–Crippen MR) is 83.0 cm³/mol. The first-order valence-electron chi connectivity index (χ1n) is 5.88. The first-order chi connectivity index (χ1) is 9.49. The van der Waals surface area contributed by atoms with Gasteiger partial charge in [0.15, 0.2) is 0 Å². The summed E-state index contributed by atoms with van der Waals surface area (Å²) < 4.78 is 0. The van der Waals surface area contributed by atoms with Crippen molar-refractivity contribution in [1.82, 2.24) is 4.98 Å². The van der Waals surface area contributed by atoms with Crippen molar-refractivity contribution in [2.24, 2.45) is 0 Å². The van der Waals surface area contributed by atoms with Crippen molar-refractivity contribution in [3.63, 3.8) is 0 Å². The molecule has 1 aromatic carbocycles. The topological polar surface area (TPSA) is 45.2 Å². The number of rotatable bonds is 3. The third-order valence-electron chi connectivity index (χ3n) is 2.65. The molecule has 1 amide bonds. The lowest BCUT2D eigenvalue weighted by Gasteiger charge is -2.13. The van der Waals surface area contributed by atoms with Gasteiger partial charge in [-0.05, 0) is 18.2 Å². The average molecular weight is 310 g/mol. The monoisotopic (exact) mass is 309 g/mol. The van der Waals surface area contributed by atoms with Gasteiger partial charge in [-0.25, -0.2) is 4.98 Å². The SMILES string of the molecule is CN(C)c1cc(NC(=O)c2c(Cl)cccc2Cl)ccn1. The van der Waals surface area contributed by atoms with Crippen LogP contribution in [0.25, 0.3) is 0 Å². The Balaban J connectivity index is 2.26. The number of nitrogens with one attached hydrogen (secondary N) is 1. The van der Waals surface area contributed by atoms with Gasteiger partial charge in [0.05, 0.1) is 15.6 Å². The van der Waals surface area contributed by atoms with Crippen LogP contribution >= 0.6 is 23.2 Å². The molecular formula is C14H13Cl2N3O. The molecule has 4 nitrogen and oxygen atoms in total. The molecule has 1 aromatic heterocycles. The third kappa shape index (κ3) is 3.21. The van der Waals surface area contributed by atoms with Crippen LogP contribution in [0.15, 0.2) is 36.5 Å². The highest BCUT2D eigenvalue weighted by molar-refractivity contribution is 6.40. The summed E-state index contributed by atoms with van der Waals surface area (Å²) in [5, 5.41) is 3.39. The molecule has 104 valence electrons. The molecule has 6 heteroatoms. The van der Waals surface area contributed by atoms with E-state index in [-0.39, 0.29) is 11.5 Å². The Morgan fingerprint density at radius 2 is 1.85 bits per heavy atom. The summed E-state index contributed by atoms with van der Waals surface area (Å²) in [5.74, 6) is 0.393. The van der Waals surface area contributed by atoms with Gasteiger partial charge in [-0.1, -0.05) is 29.3 Å². The van der Waals surface area contributed by atoms with E-state index in [2.05, 4.69) is 10.3 Å². The van der Waals surface area contributed by atoms with E-state index in [1.165, 1.54) is 0 Å². The predicted octanol–water partition coefficient (Wildman–Crippen LogP) is 3.71. The third-order valence-corrected chi connectivity index (χ3v) is 3.28. The molecule has 0 unspecified atom stereocenters. The van der Waals surface area contributed by atoms with Crippen LogP contribution in [-0.2, 0) is 0 Å². The van der Waals surface area contributed by atoms with E-state index < -0.39 is 0 Å². The second-order valence-electron chi connectivity index (χ2n) is 4.35. The molecule has 0 radical (unpaired) electrons. The zero-order chi connectivity index (χ0) is 14.7. The summed E-state index contributed by atoms with van der Waals surface area (Å²) in [6.07, 6.45) is 1.62. The van der Waals surface area contributed by atoms with Gasteiger partial charge in [0.25, 0.3) is 5.91 Å². The Morgan fingerprint density at radius 1 is 1.20 bits per heavy atom. The van der Waals surface area contributed by atoms with E-state index in [1.54, 1.807) is 36.5 Å². The maximum atomic E-state index is 12.2. The van der Waals surface area contributed by atoms with E-state index >= 15 is 0 Å². The quantitative estimate of drug-likeness (QED) is 0.940. The Kier molecular flexibility index (Phi) is 4.47. The van der Waals surface area contributed by atoms with Gasteiger partial charge in [0, 0.05) is 32.0 Å². The molecule has 0 atom stereocenters. The van der Waals surface area contributed by atoms with Gasteiger partial charge in [-0.2, -0.15) is 0 Å². The molecule has 1 heterocycles. The molecule has 0 aliphatic heterocycles. The van der Waals surface area contributed by atoms with Gasteiger partial charge in [-0.15, -0.1) is 0 Å². The van der Waals surface area contributed by atoms with E-state index in [1.807, 2.05) is 19.0 Å². The summed E-state index contributed by atoms with van der Waals surface area (Å²) in [5.41, 5.74) is 0.892. The van der Waals surface area contributed by atoms with E-state index in [0.717, 1.165) is 5.82 Å². The molecule has 0 saturated heterocycles. The van der Waals surface area contributed by atoms with Crippen LogP contribution < -0.4 is 10.2 Å². The summed E-state index contributed by atoms with van der Waals surface area (Å²) in [7, 11) is 3.75. The van der Waals surface area contributed by atoms with Crippen LogP contribution in [-0.4, -0.2) is 25.0 Å². The molecule has 0 aliphatic rings. The smallest absolute Gasteiger partial charge is 0.258 e. The molecule has 0 bridgehead atoms. The number of carbonyl (C=O) groups is 1. The van der Waals surface area contributed by atoms with E-state index in [4.69, 9.17) is 23.2 Å². The van der Waals surface area contributed by atoms with Gasteiger partial charge >= 0.3 is 0 Å². The van der Waals surface area contributed by atoms with Crippen LogP contribution in [0.3, 0.4) is 0 Å². The molecule has 2 aromatic rings. The van der Waals surface area contributed by atoms with Crippen LogP contribution in [0.4, 0.5) is 11.5 Å². The number of carbonyl (C=O) groups excluding carboxylic acids is 1. The number of pyridine rings is 1. The second kappa shape index (κ2) is 6.11. The number of halogens is 2. The highest BCUT2D eigenvalue weighted by Crippen LogP contribution is 2.25. The standard InChI is InChI=1S/C14H13Cl2N3O/c1-19(2)12-8-9(6-7-17-12)18-14(20)13-10(15)4-3-5-11(13)16/h3-8H,1-2H3,(H,17,18,20). The van der Waals surface area contributed by atoms with Crippen molar-refractivity contribution in [2.75, 3.05) is 24.3 Å². The lowest BCUT2D eigenvalue weighted by molar-refractivity contribution is 0.102. The zero-order valence-electron chi connectivity index (χ0n) is 11.0. The summed E-state index contributed by atoms with van der Waals surface area (Å²) in [6, 6.07) is 8.41. The first-order valence-corrected chi connectivity index (χ1v) is 6.63. The number of benzene rings is 1. The molecular weight excluding hydrogens is 297 g/mol. The fourth-order valence-corrected chi connectivity index (χ4v) is 2.22. The molecule has 1 N–H and O–H groups in total. The van der Waals surface area contributed by atoms with Gasteiger partial charge < -0.3 is 10.2 Å². The van der Waals surface area contributed by atoms with Crippen LogP contribution in [0.5, 0.6) is 0 Å². The van der Waals surface area contributed by atoms with Crippen molar-refractivity contribution in [1.29, 1.82) is 0 Å². The fourth-order valence-electron chi connectivity index (χ4n) is 1.65. The van der Waals surface area contributed by atoms with Crippen molar-refractivity contribution < 1.29 is 4.79 Å². The number of hydrogen-bond donors (Lipinski definition) is 1. The second-order valence-corrected chi connectivity index (χ2v) is 5.16. The molecule has 0 aliphatic carbocycles. The highest BCUT2D eigenvalue weighted by atomic mass is 35.5. The number of anilines is 2. The molecule has 0 spiro atoms. The minimum atomic E-state index is -0.350. The summed E-state index contributed by atoms with van der Waals surface area (Å²) in [4.78, 5) is 18.2. The minimum absolute atomic E-state index is 0.263. The van der Waals surface area contributed by atoms with Gasteiger partial charge in [0.1, 0.15) is 5.82 Å². The fraction of sp³-hybridized carbons (Fsp3) is 0.143. The van der Waals surface area contributed by atoms with Crippen LogP contribution in [0, 0.1) is 0 Å². The Hall–Kier alpha value is -1.78. The maximum Gasteiger partial charge on any atom is 0.258 e. The van der Waals surface area contributed by atoms with E-state index in [0.29, 0.717) is 15.7 Å². The molecule has 0 saturated carbocycles. The highest BCUT2D eigenvalue weighted by Gasteiger charge is 2.14.